The third-order valence-corrected chi connectivity index (χ3v) is 4.83. The molecule has 0 radical (unpaired) electrons. The van der Waals surface area contributed by atoms with E-state index in [4.69, 9.17) is 10.6 Å². The van der Waals surface area contributed by atoms with Crippen LogP contribution in [0.2, 0.25) is 0 Å². The lowest BCUT2D eigenvalue weighted by molar-refractivity contribution is -0.149. The zero-order valence-corrected chi connectivity index (χ0v) is 16.0. The number of aryl methyl sites for hydroxylation is 1. The van der Waals surface area contributed by atoms with Gasteiger partial charge in [0.25, 0.3) is 0 Å². The van der Waals surface area contributed by atoms with Gasteiger partial charge in [-0.3, -0.25) is 4.79 Å². The molecule has 26 heavy (non-hydrogen) atoms. The number of hydrogen-bond acceptors (Lipinski definition) is 4. The highest BCUT2D eigenvalue weighted by Gasteiger charge is 2.33. The molecular weight excluding hydrogens is 326 g/mol. The number of hydrogen-bond donors (Lipinski definition) is 1. The molecule has 0 spiro atoms. The van der Waals surface area contributed by atoms with Crippen LogP contribution < -0.4 is 10.6 Å². The summed E-state index contributed by atoms with van der Waals surface area (Å²) in [6, 6.07) is 16.5. The molecule has 0 aliphatic carbocycles. The molecule has 0 bridgehead atoms. The van der Waals surface area contributed by atoms with Crippen molar-refractivity contribution in [3.63, 3.8) is 0 Å². The van der Waals surface area contributed by atoms with E-state index in [-0.39, 0.29) is 6.42 Å². The third-order valence-electron chi connectivity index (χ3n) is 4.83. The normalized spacial score (nSPS) is 13.1. The van der Waals surface area contributed by atoms with Crippen LogP contribution in [0.1, 0.15) is 56.2 Å². The number of rotatable bonds is 9. The van der Waals surface area contributed by atoms with Crippen molar-refractivity contribution >= 4 is 5.97 Å². The Morgan fingerprint density at radius 1 is 1.12 bits per heavy atom. The van der Waals surface area contributed by atoms with Crippen LogP contribution in [0.3, 0.4) is 0 Å². The summed E-state index contributed by atoms with van der Waals surface area (Å²) in [5, 5.41) is 0. The van der Waals surface area contributed by atoms with Crippen LogP contribution in [0.5, 0.6) is 5.75 Å². The third kappa shape index (κ3) is 5.33. The maximum atomic E-state index is 11.7. The van der Waals surface area contributed by atoms with E-state index in [1.807, 2.05) is 25.1 Å². The van der Waals surface area contributed by atoms with Crippen molar-refractivity contribution in [2.45, 2.75) is 58.5 Å². The first-order chi connectivity index (χ1) is 12.5. The Labute approximate surface area is 156 Å². The molecule has 0 fully saturated rings. The van der Waals surface area contributed by atoms with E-state index in [0.717, 1.165) is 25.0 Å². The van der Waals surface area contributed by atoms with Gasteiger partial charge >= 0.3 is 5.97 Å². The molecule has 0 saturated carbocycles. The topological polar surface area (TPSA) is 61.5 Å². The number of nitrogens with two attached hydrogens (primary N) is 1. The van der Waals surface area contributed by atoms with Gasteiger partial charge in [-0.15, -0.1) is 0 Å². The summed E-state index contributed by atoms with van der Waals surface area (Å²) in [6.45, 7) is 6.19. The molecule has 0 aliphatic rings. The molecule has 0 aliphatic heterocycles. The second kappa shape index (κ2) is 9.39. The first-order valence-corrected chi connectivity index (χ1v) is 9.24. The van der Waals surface area contributed by atoms with Crippen molar-refractivity contribution in [2.75, 3.05) is 0 Å². The van der Waals surface area contributed by atoms with Crippen molar-refractivity contribution in [3.05, 3.63) is 65.2 Å². The Hall–Kier alpha value is -2.33. The molecule has 0 saturated heterocycles. The van der Waals surface area contributed by atoms with Crippen molar-refractivity contribution in [1.82, 2.24) is 0 Å². The first-order valence-electron chi connectivity index (χ1n) is 9.24. The summed E-state index contributed by atoms with van der Waals surface area (Å²) in [4.78, 5) is 16.1. The molecule has 0 heterocycles. The Bertz CT molecular complexity index is 715. The lowest BCUT2D eigenvalue weighted by Gasteiger charge is -2.32. The number of carbonyl (C=O) groups excluding carboxylic acids is 1. The van der Waals surface area contributed by atoms with E-state index >= 15 is 0 Å². The van der Waals surface area contributed by atoms with E-state index in [1.54, 1.807) is 0 Å². The molecule has 2 N–H and O–H groups in total. The van der Waals surface area contributed by atoms with Gasteiger partial charge in [-0.25, -0.2) is 0 Å². The van der Waals surface area contributed by atoms with Crippen molar-refractivity contribution in [1.29, 1.82) is 0 Å². The Kier molecular flexibility index (Phi) is 7.22. The van der Waals surface area contributed by atoms with Crippen molar-refractivity contribution < 1.29 is 14.4 Å². The van der Waals surface area contributed by atoms with Gasteiger partial charge in [-0.05, 0) is 55.0 Å². The number of carbonyl (C=O) groups is 1. The average Bonchev–Trinajstić information content (AvgIpc) is 2.65. The highest BCUT2D eigenvalue weighted by Crippen LogP contribution is 2.31. The number of benzene rings is 2. The van der Waals surface area contributed by atoms with Crippen LogP contribution in [0.25, 0.3) is 0 Å². The smallest absolute Gasteiger partial charge is 0.328 e. The summed E-state index contributed by atoms with van der Waals surface area (Å²) in [5.41, 5.74) is 3.14. The average molecular weight is 355 g/mol. The van der Waals surface area contributed by atoms with Gasteiger partial charge in [-0.2, -0.15) is 5.90 Å². The molecule has 1 atom stereocenters. The van der Waals surface area contributed by atoms with Crippen LogP contribution >= 0.6 is 0 Å². The fraction of sp³-hybridized carbons (Fsp3) is 0.409. The van der Waals surface area contributed by atoms with Crippen LogP contribution in [-0.2, 0) is 16.1 Å². The molecule has 2 rings (SSSR count). The van der Waals surface area contributed by atoms with E-state index in [9.17, 15) is 4.79 Å². The largest absolute Gasteiger partial charge is 0.487 e. The van der Waals surface area contributed by atoms with Gasteiger partial charge in [0.1, 0.15) is 11.4 Å². The Morgan fingerprint density at radius 2 is 1.85 bits per heavy atom. The Morgan fingerprint density at radius 3 is 2.42 bits per heavy atom. The zero-order valence-electron chi connectivity index (χ0n) is 16.0. The minimum Gasteiger partial charge on any atom is -0.487 e. The van der Waals surface area contributed by atoms with Gasteiger partial charge in [0, 0.05) is 0 Å². The lowest BCUT2D eigenvalue weighted by atomic mass is 9.90. The minimum absolute atomic E-state index is 0.151. The van der Waals surface area contributed by atoms with Crippen molar-refractivity contribution in [3.8, 4) is 5.75 Å². The highest BCUT2D eigenvalue weighted by atomic mass is 16.7. The van der Waals surface area contributed by atoms with Gasteiger partial charge in [0.15, 0.2) is 0 Å². The van der Waals surface area contributed by atoms with Crippen LogP contribution in [0.15, 0.2) is 48.5 Å². The summed E-state index contributed by atoms with van der Waals surface area (Å²) in [5.74, 6) is 5.37. The van der Waals surface area contributed by atoms with Crippen LogP contribution in [-0.4, -0.2) is 11.6 Å². The predicted octanol–water partition coefficient (Wildman–Crippen LogP) is 4.72. The fourth-order valence-corrected chi connectivity index (χ4v) is 3.31. The molecule has 0 amide bonds. The van der Waals surface area contributed by atoms with Crippen molar-refractivity contribution in [2.24, 2.45) is 5.90 Å². The van der Waals surface area contributed by atoms with E-state index in [0.29, 0.717) is 6.42 Å². The van der Waals surface area contributed by atoms with Gasteiger partial charge in [0.05, 0.1) is 6.42 Å². The maximum absolute atomic E-state index is 11.7. The molecular formula is C22H29NO3. The van der Waals surface area contributed by atoms with Gasteiger partial charge in [0.2, 0.25) is 0 Å². The predicted molar refractivity (Wildman–Crippen MR) is 104 cm³/mol. The SMILES string of the molecule is CCCC(CC)(CC(=O)ON)Oc1ccc(Cc2ccccc2)c(C)c1. The maximum Gasteiger partial charge on any atom is 0.328 e. The van der Waals surface area contributed by atoms with E-state index in [1.165, 1.54) is 16.7 Å². The number of ether oxygens (including phenoxy) is 1. The zero-order chi connectivity index (χ0) is 19.0. The van der Waals surface area contributed by atoms with E-state index < -0.39 is 11.6 Å². The van der Waals surface area contributed by atoms with Gasteiger partial charge in [-0.1, -0.05) is 56.7 Å². The van der Waals surface area contributed by atoms with E-state index in [2.05, 4.69) is 49.0 Å². The molecule has 0 aromatic heterocycles. The lowest BCUT2D eigenvalue weighted by Crippen LogP contribution is -2.39. The minimum atomic E-state index is -0.585. The summed E-state index contributed by atoms with van der Waals surface area (Å²) < 4.78 is 6.29. The second-order valence-corrected chi connectivity index (χ2v) is 6.81. The second-order valence-electron chi connectivity index (χ2n) is 6.81. The van der Waals surface area contributed by atoms with Crippen LogP contribution in [0.4, 0.5) is 0 Å². The Balaban J connectivity index is 2.18. The summed E-state index contributed by atoms with van der Waals surface area (Å²) >= 11 is 0. The molecule has 1 unspecified atom stereocenters. The quantitative estimate of drug-likeness (QED) is 0.661. The summed E-state index contributed by atoms with van der Waals surface area (Å²) in [7, 11) is 0. The molecule has 2 aromatic carbocycles. The molecule has 2 aromatic rings. The standard InChI is InChI=1S/C22H29NO3/c1-4-13-22(5-2,16-21(24)26-23)25-20-12-11-19(17(3)14-20)15-18-9-7-6-8-10-18/h6-12,14H,4-5,13,15-16,23H2,1-3H3. The first kappa shape index (κ1) is 20.0. The monoisotopic (exact) mass is 355 g/mol. The molecule has 4 nitrogen and oxygen atoms in total. The van der Waals surface area contributed by atoms with Gasteiger partial charge < -0.3 is 9.57 Å². The molecule has 140 valence electrons. The highest BCUT2D eigenvalue weighted by molar-refractivity contribution is 5.70. The molecule has 4 heteroatoms. The fourth-order valence-electron chi connectivity index (χ4n) is 3.31. The van der Waals surface area contributed by atoms with Crippen LogP contribution in [0, 0.1) is 6.92 Å². The summed E-state index contributed by atoms with van der Waals surface area (Å²) in [6.07, 6.45) is 3.43.